The Bertz CT molecular complexity index is 208. The summed E-state index contributed by atoms with van der Waals surface area (Å²) in [4.78, 5) is 24.0. The zero-order chi connectivity index (χ0) is 12.6. The Morgan fingerprint density at radius 1 is 1.00 bits per heavy atom. The molecule has 0 saturated carbocycles. The van der Waals surface area contributed by atoms with Crippen LogP contribution in [0.3, 0.4) is 0 Å². The molecule has 16 heavy (non-hydrogen) atoms. The highest BCUT2D eigenvalue weighted by atomic mass is 16.5. The standard InChI is InChI=1S/C11H21NO4/c1-9(2)12(7-5-10(13)15-3)8-6-11(14)16-4/h9H,5-8H2,1-4H3. The summed E-state index contributed by atoms with van der Waals surface area (Å²) in [6, 6.07) is 0.286. The van der Waals surface area contributed by atoms with E-state index in [0.29, 0.717) is 25.9 Å². The summed E-state index contributed by atoms with van der Waals surface area (Å²) in [5.74, 6) is -0.465. The van der Waals surface area contributed by atoms with Crippen molar-refractivity contribution in [1.29, 1.82) is 0 Å². The molecule has 0 radical (unpaired) electrons. The van der Waals surface area contributed by atoms with Crippen LogP contribution >= 0.6 is 0 Å². The summed E-state index contributed by atoms with van der Waals surface area (Å²) < 4.78 is 9.14. The van der Waals surface area contributed by atoms with Crippen molar-refractivity contribution in [2.24, 2.45) is 0 Å². The fourth-order valence-corrected chi connectivity index (χ4v) is 1.30. The minimum atomic E-state index is -0.233. The van der Waals surface area contributed by atoms with Gasteiger partial charge in [-0.15, -0.1) is 0 Å². The van der Waals surface area contributed by atoms with Crippen LogP contribution < -0.4 is 0 Å². The highest BCUT2D eigenvalue weighted by molar-refractivity contribution is 5.70. The molecule has 0 bridgehead atoms. The van der Waals surface area contributed by atoms with E-state index in [0.717, 1.165) is 0 Å². The maximum absolute atomic E-state index is 11.0. The van der Waals surface area contributed by atoms with Gasteiger partial charge in [-0.3, -0.25) is 14.5 Å². The maximum atomic E-state index is 11.0. The molecule has 0 amide bonds. The second-order valence-corrected chi connectivity index (χ2v) is 3.78. The predicted molar refractivity (Wildman–Crippen MR) is 60.0 cm³/mol. The van der Waals surface area contributed by atoms with Crippen LogP contribution in [0.5, 0.6) is 0 Å². The molecule has 0 aromatic heterocycles. The van der Waals surface area contributed by atoms with Crippen LogP contribution in [0.25, 0.3) is 0 Å². The zero-order valence-electron chi connectivity index (χ0n) is 10.5. The third-order valence-corrected chi connectivity index (χ3v) is 2.39. The summed E-state index contributed by atoms with van der Waals surface area (Å²) in [7, 11) is 2.74. The number of carbonyl (C=O) groups excluding carboxylic acids is 2. The molecule has 0 rings (SSSR count). The van der Waals surface area contributed by atoms with Crippen LogP contribution in [0.1, 0.15) is 26.7 Å². The van der Waals surface area contributed by atoms with E-state index in [1.165, 1.54) is 14.2 Å². The van der Waals surface area contributed by atoms with Crippen molar-refractivity contribution in [2.45, 2.75) is 32.7 Å². The van der Waals surface area contributed by atoms with Crippen LogP contribution in [-0.2, 0) is 19.1 Å². The highest BCUT2D eigenvalue weighted by Gasteiger charge is 2.13. The molecular weight excluding hydrogens is 210 g/mol. The van der Waals surface area contributed by atoms with Gasteiger partial charge in [-0.25, -0.2) is 0 Å². The minimum absolute atomic E-state index is 0.233. The van der Waals surface area contributed by atoms with Gasteiger partial charge in [-0.2, -0.15) is 0 Å². The largest absolute Gasteiger partial charge is 0.469 e. The number of nitrogens with zero attached hydrogens (tertiary/aromatic N) is 1. The second kappa shape index (κ2) is 8.10. The van der Waals surface area contributed by atoms with Crippen LogP contribution in [-0.4, -0.2) is 50.2 Å². The molecule has 0 saturated heterocycles. The smallest absolute Gasteiger partial charge is 0.306 e. The molecule has 0 aromatic carbocycles. The third kappa shape index (κ3) is 6.40. The van der Waals surface area contributed by atoms with Gasteiger partial charge < -0.3 is 9.47 Å². The SMILES string of the molecule is COC(=O)CCN(CCC(=O)OC)C(C)C. The Morgan fingerprint density at radius 3 is 1.62 bits per heavy atom. The summed E-state index contributed by atoms with van der Waals surface area (Å²) >= 11 is 0. The maximum Gasteiger partial charge on any atom is 0.306 e. The van der Waals surface area contributed by atoms with Gasteiger partial charge in [0.2, 0.25) is 0 Å². The molecule has 0 aromatic rings. The van der Waals surface area contributed by atoms with Crippen molar-refractivity contribution in [2.75, 3.05) is 27.3 Å². The normalized spacial score (nSPS) is 10.6. The fraction of sp³-hybridized carbons (Fsp3) is 0.818. The number of carbonyl (C=O) groups is 2. The molecule has 0 spiro atoms. The van der Waals surface area contributed by atoms with Gasteiger partial charge in [0.25, 0.3) is 0 Å². The average Bonchev–Trinajstić information content (AvgIpc) is 2.27. The van der Waals surface area contributed by atoms with Crippen molar-refractivity contribution in [3.8, 4) is 0 Å². The number of rotatable bonds is 7. The van der Waals surface area contributed by atoms with Crippen molar-refractivity contribution in [3.05, 3.63) is 0 Å². The van der Waals surface area contributed by atoms with Gasteiger partial charge in [0.15, 0.2) is 0 Å². The Hall–Kier alpha value is -1.10. The van der Waals surface area contributed by atoms with Gasteiger partial charge in [0.05, 0.1) is 27.1 Å². The molecule has 0 atom stereocenters. The molecule has 5 heteroatoms. The second-order valence-electron chi connectivity index (χ2n) is 3.78. The average molecular weight is 231 g/mol. The van der Waals surface area contributed by atoms with E-state index in [-0.39, 0.29) is 18.0 Å². The van der Waals surface area contributed by atoms with E-state index in [1.54, 1.807) is 0 Å². The Balaban J connectivity index is 3.98. The van der Waals surface area contributed by atoms with Crippen LogP contribution in [0.15, 0.2) is 0 Å². The van der Waals surface area contributed by atoms with E-state index < -0.39 is 0 Å². The Kier molecular flexibility index (Phi) is 7.54. The van der Waals surface area contributed by atoms with Crippen molar-refractivity contribution in [1.82, 2.24) is 4.90 Å². The first kappa shape index (κ1) is 14.9. The predicted octanol–water partition coefficient (Wildman–Crippen LogP) is 0.823. The molecule has 0 N–H and O–H groups in total. The molecule has 94 valence electrons. The number of esters is 2. The third-order valence-electron chi connectivity index (χ3n) is 2.39. The molecule has 0 aliphatic carbocycles. The lowest BCUT2D eigenvalue weighted by Crippen LogP contribution is -2.35. The van der Waals surface area contributed by atoms with Crippen molar-refractivity contribution in [3.63, 3.8) is 0 Å². The van der Waals surface area contributed by atoms with Gasteiger partial charge in [0, 0.05) is 19.1 Å². The monoisotopic (exact) mass is 231 g/mol. The molecule has 0 heterocycles. The zero-order valence-corrected chi connectivity index (χ0v) is 10.5. The number of hydrogen-bond acceptors (Lipinski definition) is 5. The lowest BCUT2D eigenvalue weighted by molar-refractivity contribution is -0.141. The molecule has 0 fully saturated rings. The Morgan fingerprint density at radius 2 is 1.38 bits per heavy atom. The Labute approximate surface area is 96.7 Å². The van der Waals surface area contributed by atoms with E-state index in [4.69, 9.17) is 0 Å². The van der Waals surface area contributed by atoms with E-state index in [2.05, 4.69) is 9.47 Å². The van der Waals surface area contributed by atoms with Crippen LogP contribution in [0.4, 0.5) is 0 Å². The number of methoxy groups -OCH3 is 2. The quantitative estimate of drug-likeness (QED) is 0.607. The molecule has 0 aliphatic rings. The topological polar surface area (TPSA) is 55.8 Å². The van der Waals surface area contributed by atoms with E-state index in [1.807, 2.05) is 18.7 Å². The molecule has 0 aliphatic heterocycles. The van der Waals surface area contributed by atoms with Crippen LogP contribution in [0, 0.1) is 0 Å². The summed E-state index contributed by atoms with van der Waals surface area (Å²) in [5.41, 5.74) is 0. The molecule has 0 unspecified atom stereocenters. The van der Waals surface area contributed by atoms with Gasteiger partial charge in [0.1, 0.15) is 0 Å². The van der Waals surface area contributed by atoms with Gasteiger partial charge in [-0.05, 0) is 13.8 Å². The molecule has 5 nitrogen and oxygen atoms in total. The lowest BCUT2D eigenvalue weighted by Gasteiger charge is -2.25. The minimum Gasteiger partial charge on any atom is -0.469 e. The fourth-order valence-electron chi connectivity index (χ4n) is 1.30. The van der Waals surface area contributed by atoms with Crippen molar-refractivity contribution >= 4 is 11.9 Å². The van der Waals surface area contributed by atoms with Gasteiger partial charge >= 0.3 is 11.9 Å². The highest BCUT2D eigenvalue weighted by Crippen LogP contribution is 2.02. The summed E-state index contributed by atoms with van der Waals surface area (Å²) in [5, 5.41) is 0. The van der Waals surface area contributed by atoms with Crippen LogP contribution in [0.2, 0.25) is 0 Å². The molecular formula is C11H21NO4. The first-order valence-corrected chi connectivity index (χ1v) is 5.39. The summed E-state index contributed by atoms with van der Waals surface area (Å²) in [6.07, 6.45) is 0.686. The number of hydrogen-bond donors (Lipinski definition) is 0. The van der Waals surface area contributed by atoms with Gasteiger partial charge in [-0.1, -0.05) is 0 Å². The van der Waals surface area contributed by atoms with E-state index in [9.17, 15) is 9.59 Å². The summed E-state index contributed by atoms with van der Waals surface area (Å²) in [6.45, 7) is 5.24. The first-order valence-electron chi connectivity index (χ1n) is 5.39. The van der Waals surface area contributed by atoms with Crippen molar-refractivity contribution < 1.29 is 19.1 Å². The first-order chi connectivity index (χ1) is 7.51. The lowest BCUT2D eigenvalue weighted by atomic mass is 10.2. The van der Waals surface area contributed by atoms with E-state index >= 15 is 0 Å². The number of ether oxygens (including phenoxy) is 2.